The molecule has 0 aliphatic rings. The van der Waals surface area contributed by atoms with Crippen molar-refractivity contribution in [1.29, 1.82) is 0 Å². The Morgan fingerprint density at radius 2 is 1.67 bits per heavy atom. The van der Waals surface area contributed by atoms with Crippen molar-refractivity contribution in [3.8, 4) is 11.5 Å². The van der Waals surface area contributed by atoms with Crippen LogP contribution in [0, 0.1) is 0 Å². The quantitative estimate of drug-likeness (QED) is 0.736. The molecular weight excluding hydrogens is 268 g/mol. The summed E-state index contributed by atoms with van der Waals surface area (Å²) in [6.45, 7) is 12.6. The number of carbonyl (C=O) groups excluding carboxylic acids is 1. The zero-order chi connectivity index (χ0) is 16.7. The Kier molecular flexibility index (Phi) is 15.1. The van der Waals surface area contributed by atoms with Gasteiger partial charge in [0.05, 0.1) is 26.7 Å². The fourth-order valence-electron chi connectivity index (χ4n) is 1.47. The van der Waals surface area contributed by atoms with Crippen LogP contribution in [0.25, 0.3) is 0 Å². The lowest BCUT2D eigenvalue weighted by Gasteiger charge is -2.11. The van der Waals surface area contributed by atoms with Crippen LogP contribution in [0.2, 0.25) is 0 Å². The first-order chi connectivity index (χ1) is 10.2. The van der Waals surface area contributed by atoms with E-state index in [1.54, 1.807) is 26.2 Å². The van der Waals surface area contributed by atoms with E-state index >= 15 is 0 Å². The van der Waals surface area contributed by atoms with E-state index < -0.39 is 0 Å². The molecule has 0 aliphatic carbocycles. The number of benzene rings is 1. The predicted molar refractivity (Wildman–Crippen MR) is 87.2 cm³/mol. The van der Waals surface area contributed by atoms with E-state index in [0.29, 0.717) is 24.7 Å². The van der Waals surface area contributed by atoms with Crippen LogP contribution in [0.4, 0.5) is 0 Å². The molecule has 0 saturated carbocycles. The average Bonchev–Trinajstić information content (AvgIpc) is 2.53. The highest BCUT2D eigenvalue weighted by Gasteiger charge is 2.10. The molecule has 0 atom stereocenters. The van der Waals surface area contributed by atoms with Crippen molar-refractivity contribution in [3.63, 3.8) is 0 Å². The summed E-state index contributed by atoms with van der Waals surface area (Å²) in [5.41, 5.74) is 0.811. The van der Waals surface area contributed by atoms with Crippen LogP contribution in [0.1, 0.15) is 47.1 Å². The highest BCUT2D eigenvalue weighted by molar-refractivity contribution is 5.73. The van der Waals surface area contributed by atoms with E-state index in [4.69, 9.17) is 14.2 Å². The van der Waals surface area contributed by atoms with Gasteiger partial charge in [0.1, 0.15) is 11.5 Å². The second-order valence-electron chi connectivity index (χ2n) is 3.39. The van der Waals surface area contributed by atoms with Crippen molar-refractivity contribution in [2.45, 2.75) is 48.0 Å². The van der Waals surface area contributed by atoms with Gasteiger partial charge >= 0.3 is 5.97 Å². The first-order valence-electron chi connectivity index (χ1n) is 7.66. The Labute approximate surface area is 129 Å². The van der Waals surface area contributed by atoms with Gasteiger partial charge in [-0.25, -0.2) is 0 Å². The van der Waals surface area contributed by atoms with Crippen LogP contribution in [0.15, 0.2) is 18.2 Å². The highest BCUT2D eigenvalue weighted by atomic mass is 16.5. The maximum absolute atomic E-state index is 11.4. The van der Waals surface area contributed by atoms with Crippen molar-refractivity contribution in [2.24, 2.45) is 0 Å². The van der Waals surface area contributed by atoms with Crippen LogP contribution in [-0.4, -0.2) is 26.3 Å². The molecule has 0 heterocycles. The van der Waals surface area contributed by atoms with Crippen LogP contribution < -0.4 is 9.47 Å². The Balaban J connectivity index is 0. The minimum absolute atomic E-state index is 0.215. The van der Waals surface area contributed by atoms with Crippen molar-refractivity contribution >= 4 is 5.97 Å². The van der Waals surface area contributed by atoms with E-state index in [-0.39, 0.29) is 12.4 Å². The molecule has 1 aromatic carbocycles. The summed E-state index contributed by atoms with van der Waals surface area (Å²) < 4.78 is 15.5. The highest BCUT2D eigenvalue weighted by Crippen LogP contribution is 2.25. The normalized spacial score (nSPS) is 8.52. The Morgan fingerprint density at radius 3 is 2.14 bits per heavy atom. The molecule has 0 spiro atoms. The van der Waals surface area contributed by atoms with E-state index in [9.17, 15) is 4.79 Å². The van der Waals surface area contributed by atoms with E-state index in [0.717, 1.165) is 5.56 Å². The molecule has 4 heteroatoms. The molecule has 1 aromatic rings. The number of hydrogen-bond acceptors (Lipinski definition) is 4. The number of methoxy groups -OCH3 is 1. The lowest BCUT2D eigenvalue weighted by atomic mass is 10.1. The number of esters is 1. The molecule has 0 radical (unpaired) electrons. The monoisotopic (exact) mass is 298 g/mol. The number of ether oxygens (including phenoxy) is 3. The van der Waals surface area contributed by atoms with E-state index in [1.165, 1.54) is 0 Å². The smallest absolute Gasteiger partial charge is 0.310 e. The molecule has 0 amide bonds. The number of carbonyl (C=O) groups is 1. The number of hydrogen-bond donors (Lipinski definition) is 0. The second-order valence-corrected chi connectivity index (χ2v) is 3.39. The van der Waals surface area contributed by atoms with Gasteiger partial charge in [0, 0.05) is 11.6 Å². The minimum atomic E-state index is -0.251. The maximum atomic E-state index is 11.4. The fourth-order valence-corrected chi connectivity index (χ4v) is 1.47. The molecule has 0 aromatic heterocycles. The minimum Gasteiger partial charge on any atom is -0.497 e. The molecule has 1 rings (SSSR count). The molecule has 0 N–H and O–H groups in total. The van der Waals surface area contributed by atoms with E-state index in [1.807, 2.05) is 40.7 Å². The topological polar surface area (TPSA) is 44.8 Å². The van der Waals surface area contributed by atoms with E-state index in [2.05, 4.69) is 0 Å². The average molecular weight is 298 g/mol. The lowest BCUT2D eigenvalue weighted by Crippen LogP contribution is -2.09. The van der Waals surface area contributed by atoms with Gasteiger partial charge in [-0.05, 0) is 19.9 Å². The summed E-state index contributed by atoms with van der Waals surface area (Å²) in [5, 5.41) is 0. The third-order valence-electron chi connectivity index (χ3n) is 2.21. The Bertz CT molecular complexity index is 375. The summed E-state index contributed by atoms with van der Waals surface area (Å²) in [6, 6.07) is 5.40. The van der Waals surface area contributed by atoms with Gasteiger partial charge in [-0.15, -0.1) is 0 Å². The van der Waals surface area contributed by atoms with Crippen LogP contribution in [-0.2, 0) is 16.0 Å². The summed E-state index contributed by atoms with van der Waals surface area (Å²) in [5.74, 6) is 1.12. The Hall–Kier alpha value is -1.71. The predicted octanol–water partition coefficient (Wildman–Crippen LogP) is 4.25. The van der Waals surface area contributed by atoms with Crippen molar-refractivity contribution in [3.05, 3.63) is 23.8 Å². The van der Waals surface area contributed by atoms with Gasteiger partial charge < -0.3 is 14.2 Å². The maximum Gasteiger partial charge on any atom is 0.310 e. The largest absolute Gasteiger partial charge is 0.497 e. The third kappa shape index (κ3) is 8.95. The molecule has 0 unspecified atom stereocenters. The van der Waals surface area contributed by atoms with Crippen LogP contribution >= 0.6 is 0 Å². The van der Waals surface area contributed by atoms with Gasteiger partial charge in [0.2, 0.25) is 0 Å². The molecule has 122 valence electrons. The van der Waals surface area contributed by atoms with Gasteiger partial charge in [-0.1, -0.05) is 33.8 Å². The Morgan fingerprint density at radius 1 is 1.05 bits per heavy atom. The van der Waals surface area contributed by atoms with Crippen molar-refractivity contribution in [1.82, 2.24) is 0 Å². The summed E-state index contributed by atoms with van der Waals surface area (Å²) in [6.07, 6.45) is 0.215. The standard InChI is InChI=1S/C13H18O4.2C2H6/c1-4-16-12-9-11(15-3)7-6-10(12)8-13(14)17-5-2;2*1-2/h6-7,9H,4-5,8H2,1-3H3;2*1-2H3. The molecule has 0 saturated heterocycles. The van der Waals surface area contributed by atoms with Gasteiger partial charge in [-0.2, -0.15) is 0 Å². The molecular formula is C17H30O4. The van der Waals surface area contributed by atoms with Gasteiger partial charge in [0.15, 0.2) is 0 Å². The fraction of sp³-hybridized carbons (Fsp3) is 0.588. The molecule has 0 aliphatic heterocycles. The van der Waals surface area contributed by atoms with Crippen molar-refractivity contribution < 1.29 is 19.0 Å². The molecule has 21 heavy (non-hydrogen) atoms. The summed E-state index contributed by atoms with van der Waals surface area (Å²) in [4.78, 5) is 11.4. The number of rotatable bonds is 6. The van der Waals surface area contributed by atoms with Gasteiger partial charge in [-0.3, -0.25) is 4.79 Å². The molecule has 0 fully saturated rings. The van der Waals surface area contributed by atoms with Crippen molar-refractivity contribution in [2.75, 3.05) is 20.3 Å². The third-order valence-corrected chi connectivity index (χ3v) is 2.21. The zero-order valence-electron chi connectivity index (χ0n) is 14.5. The second kappa shape index (κ2) is 14.7. The van der Waals surface area contributed by atoms with Crippen LogP contribution in [0.5, 0.6) is 11.5 Å². The molecule has 4 nitrogen and oxygen atoms in total. The van der Waals surface area contributed by atoms with Gasteiger partial charge in [0.25, 0.3) is 0 Å². The first-order valence-corrected chi connectivity index (χ1v) is 7.66. The SMILES string of the molecule is CC.CC.CCOC(=O)Cc1ccc(OC)cc1OCC. The summed E-state index contributed by atoms with van der Waals surface area (Å²) >= 11 is 0. The first kappa shape index (κ1) is 21.6. The summed E-state index contributed by atoms with van der Waals surface area (Å²) in [7, 11) is 1.59. The zero-order valence-corrected chi connectivity index (χ0v) is 14.5. The van der Waals surface area contributed by atoms with Crippen LogP contribution in [0.3, 0.4) is 0 Å². The lowest BCUT2D eigenvalue weighted by molar-refractivity contribution is -0.142. The molecule has 0 bridgehead atoms.